The number of carbonyl (C=O) groups is 2. The third-order valence-electron chi connectivity index (χ3n) is 6.34. The molecule has 0 radical (unpaired) electrons. The third kappa shape index (κ3) is 5.22. The Morgan fingerprint density at radius 1 is 1.00 bits per heavy atom. The molecular weight excluding hydrogens is 494 g/mol. The quantitative estimate of drug-likeness (QED) is 0.435. The largest absolute Gasteiger partial charge is 0.497 e. The van der Waals surface area contributed by atoms with E-state index in [0.29, 0.717) is 23.0 Å². The number of carbonyl (C=O) groups excluding carboxylic acids is 2. The number of anilines is 2. The number of thioether (sulfide) groups is 1. The number of methoxy groups -OCH3 is 1. The van der Waals surface area contributed by atoms with Crippen molar-refractivity contribution in [3.05, 3.63) is 88.3 Å². The molecule has 1 saturated heterocycles. The number of hydrogen-bond donors (Lipinski definition) is 0. The van der Waals surface area contributed by atoms with Crippen LogP contribution < -0.4 is 14.5 Å². The van der Waals surface area contributed by atoms with Crippen LogP contribution in [0.1, 0.15) is 5.56 Å². The summed E-state index contributed by atoms with van der Waals surface area (Å²) < 4.78 is 5.24. The molecule has 0 unspecified atom stereocenters. The number of amides is 2. The van der Waals surface area contributed by atoms with E-state index in [1.165, 1.54) is 11.8 Å². The van der Waals surface area contributed by atoms with Crippen molar-refractivity contribution in [3.63, 3.8) is 0 Å². The van der Waals surface area contributed by atoms with Crippen LogP contribution in [-0.2, 0) is 9.59 Å². The van der Waals surface area contributed by atoms with E-state index < -0.39 is 0 Å². The average molecular weight is 520 g/mol. The summed E-state index contributed by atoms with van der Waals surface area (Å²) in [5, 5.41) is 0.610. The van der Waals surface area contributed by atoms with Crippen molar-refractivity contribution in [1.82, 2.24) is 4.90 Å². The number of halogens is 1. The second kappa shape index (κ2) is 10.7. The summed E-state index contributed by atoms with van der Waals surface area (Å²) in [6, 6.07) is 23.0. The summed E-state index contributed by atoms with van der Waals surface area (Å²) in [7, 11) is 1.65. The minimum atomic E-state index is -0.177. The maximum atomic E-state index is 13.5. The fraction of sp³-hybridized carbons (Fsp3) is 0.214. The molecule has 3 aromatic rings. The lowest BCUT2D eigenvalue weighted by molar-refractivity contribution is -0.131. The summed E-state index contributed by atoms with van der Waals surface area (Å²) in [5.41, 5.74) is 2.72. The molecule has 0 saturated carbocycles. The molecule has 1 fully saturated rings. The SMILES string of the molecule is COc1ccc(N2CCN(C(=O)CN3C(=O)/C(=C/c4cccc(Cl)c4)Sc4ccccc43)CC2)cc1. The molecule has 2 amide bonds. The van der Waals surface area contributed by atoms with Gasteiger partial charge >= 0.3 is 0 Å². The van der Waals surface area contributed by atoms with Gasteiger partial charge in [-0.05, 0) is 60.2 Å². The van der Waals surface area contributed by atoms with Gasteiger partial charge in [0, 0.05) is 41.8 Å². The van der Waals surface area contributed by atoms with E-state index in [1.54, 1.807) is 18.1 Å². The molecule has 8 heteroatoms. The van der Waals surface area contributed by atoms with Gasteiger partial charge in [0.15, 0.2) is 0 Å². The highest BCUT2D eigenvalue weighted by Crippen LogP contribution is 2.42. The zero-order chi connectivity index (χ0) is 25.1. The molecule has 0 aromatic heterocycles. The Hall–Kier alpha value is -3.42. The second-order valence-corrected chi connectivity index (χ2v) is 10.1. The first-order valence-electron chi connectivity index (χ1n) is 11.7. The summed E-state index contributed by atoms with van der Waals surface area (Å²) in [5.74, 6) is 0.589. The Labute approximate surface area is 220 Å². The van der Waals surface area contributed by atoms with Crippen LogP contribution in [0.4, 0.5) is 11.4 Å². The Kier molecular flexibility index (Phi) is 7.20. The number of benzene rings is 3. The summed E-state index contributed by atoms with van der Waals surface area (Å²) in [6.45, 7) is 2.69. The van der Waals surface area contributed by atoms with Gasteiger partial charge < -0.3 is 14.5 Å². The summed E-state index contributed by atoms with van der Waals surface area (Å²) in [4.78, 5) is 34.0. The maximum absolute atomic E-state index is 13.5. The van der Waals surface area contributed by atoms with Crippen molar-refractivity contribution in [1.29, 1.82) is 0 Å². The fourth-order valence-corrected chi connectivity index (χ4v) is 5.67. The van der Waals surface area contributed by atoms with E-state index in [1.807, 2.05) is 77.7 Å². The van der Waals surface area contributed by atoms with Crippen molar-refractivity contribution in [3.8, 4) is 5.75 Å². The number of nitrogens with zero attached hydrogens (tertiary/aromatic N) is 3. The standard InChI is InChI=1S/C28H26ClN3O3S/c1-35-23-11-9-22(10-12-23)30-13-15-31(16-14-30)27(33)19-32-24-7-2-3-8-25(24)36-26(28(32)34)18-20-5-4-6-21(29)17-20/h2-12,17-18H,13-16,19H2,1H3/b26-18-. The van der Waals surface area contributed by atoms with Gasteiger partial charge in [0.05, 0.1) is 17.7 Å². The van der Waals surface area contributed by atoms with Crippen molar-refractivity contribution >= 4 is 52.6 Å². The van der Waals surface area contributed by atoms with Gasteiger partial charge in [-0.3, -0.25) is 14.5 Å². The van der Waals surface area contributed by atoms with Gasteiger partial charge in [-0.25, -0.2) is 0 Å². The smallest absolute Gasteiger partial charge is 0.265 e. The Morgan fingerprint density at radius 3 is 2.47 bits per heavy atom. The normalized spacial score (nSPS) is 16.8. The van der Waals surface area contributed by atoms with Crippen LogP contribution >= 0.6 is 23.4 Å². The summed E-state index contributed by atoms with van der Waals surface area (Å²) >= 11 is 7.55. The highest BCUT2D eigenvalue weighted by Gasteiger charge is 2.32. The molecule has 2 heterocycles. The molecule has 5 rings (SSSR count). The Balaban J connectivity index is 1.30. The minimum Gasteiger partial charge on any atom is -0.497 e. The molecule has 0 atom stereocenters. The van der Waals surface area contributed by atoms with Crippen molar-refractivity contribution in [2.75, 3.05) is 49.6 Å². The van der Waals surface area contributed by atoms with Gasteiger partial charge in [-0.15, -0.1) is 0 Å². The first-order chi connectivity index (χ1) is 17.5. The molecule has 6 nitrogen and oxygen atoms in total. The van der Waals surface area contributed by atoms with E-state index in [9.17, 15) is 9.59 Å². The molecule has 0 spiro atoms. The zero-order valence-corrected chi connectivity index (χ0v) is 21.5. The molecule has 0 N–H and O–H groups in total. The number of fused-ring (bicyclic) bond motifs is 1. The Bertz CT molecular complexity index is 1300. The molecule has 3 aromatic carbocycles. The molecule has 36 heavy (non-hydrogen) atoms. The highest BCUT2D eigenvalue weighted by atomic mass is 35.5. The first-order valence-corrected chi connectivity index (χ1v) is 12.9. The van der Waals surface area contributed by atoms with E-state index in [2.05, 4.69) is 4.90 Å². The molecule has 0 aliphatic carbocycles. The monoisotopic (exact) mass is 519 g/mol. The van der Waals surface area contributed by atoms with Gasteiger partial charge in [-0.1, -0.05) is 47.6 Å². The van der Waals surface area contributed by atoms with Crippen LogP contribution in [0.25, 0.3) is 6.08 Å². The number of hydrogen-bond acceptors (Lipinski definition) is 5. The number of piperazine rings is 1. The van der Waals surface area contributed by atoms with Crippen LogP contribution in [0, 0.1) is 0 Å². The summed E-state index contributed by atoms with van der Waals surface area (Å²) in [6.07, 6.45) is 1.83. The van der Waals surface area contributed by atoms with E-state index >= 15 is 0 Å². The van der Waals surface area contributed by atoms with Gasteiger partial charge in [0.1, 0.15) is 12.3 Å². The van der Waals surface area contributed by atoms with E-state index in [4.69, 9.17) is 16.3 Å². The lowest BCUT2D eigenvalue weighted by Crippen LogP contribution is -2.52. The minimum absolute atomic E-state index is 0.00578. The highest BCUT2D eigenvalue weighted by molar-refractivity contribution is 8.04. The van der Waals surface area contributed by atoms with Crippen molar-refractivity contribution in [2.24, 2.45) is 0 Å². The molecule has 2 aliphatic heterocycles. The van der Waals surface area contributed by atoms with Gasteiger partial charge in [0.25, 0.3) is 5.91 Å². The predicted octanol–water partition coefficient (Wildman–Crippen LogP) is 5.18. The van der Waals surface area contributed by atoms with Gasteiger partial charge in [-0.2, -0.15) is 0 Å². The van der Waals surface area contributed by atoms with Crippen LogP contribution in [0.5, 0.6) is 5.75 Å². The van der Waals surface area contributed by atoms with E-state index in [0.717, 1.165) is 40.7 Å². The van der Waals surface area contributed by atoms with Gasteiger partial charge in [0.2, 0.25) is 5.91 Å². The van der Waals surface area contributed by atoms with Crippen molar-refractivity contribution < 1.29 is 14.3 Å². The molecule has 184 valence electrons. The topological polar surface area (TPSA) is 53.1 Å². The number of para-hydroxylation sites is 1. The van der Waals surface area contributed by atoms with Crippen molar-refractivity contribution in [2.45, 2.75) is 4.90 Å². The molecule has 0 bridgehead atoms. The molecular formula is C28H26ClN3O3S. The maximum Gasteiger partial charge on any atom is 0.265 e. The van der Waals surface area contributed by atoms with Crippen LogP contribution in [0.15, 0.2) is 82.6 Å². The lowest BCUT2D eigenvalue weighted by atomic mass is 10.2. The Morgan fingerprint density at radius 2 is 1.75 bits per heavy atom. The second-order valence-electron chi connectivity index (χ2n) is 8.59. The first kappa shape index (κ1) is 24.3. The molecule has 2 aliphatic rings. The lowest BCUT2D eigenvalue weighted by Gasteiger charge is -2.37. The van der Waals surface area contributed by atoms with E-state index in [-0.39, 0.29) is 18.4 Å². The number of rotatable bonds is 5. The zero-order valence-electron chi connectivity index (χ0n) is 19.9. The van der Waals surface area contributed by atoms with Crippen LogP contribution in [0.3, 0.4) is 0 Å². The average Bonchev–Trinajstić information content (AvgIpc) is 2.91. The van der Waals surface area contributed by atoms with Crippen LogP contribution in [-0.4, -0.2) is 56.5 Å². The van der Waals surface area contributed by atoms with Crippen LogP contribution in [0.2, 0.25) is 5.02 Å². The third-order valence-corrected chi connectivity index (χ3v) is 7.65. The number of ether oxygens (including phenoxy) is 1. The fourth-order valence-electron chi connectivity index (χ4n) is 4.41. The predicted molar refractivity (Wildman–Crippen MR) is 146 cm³/mol.